The average Bonchev–Trinajstić information content (AvgIpc) is 2.40. The van der Waals surface area contributed by atoms with Crippen molar-refractivity contribution in [2.24, 2.45) is 5.92 Å². The van der Waals surface area contributed by atoms with Crippen molar-refractivity contribution in [3.63, 3.8) is 0 Å². The number of carbonyl (C=O) groups excluding carboxylic acids is 2. The summed E-state index contributed by atoms with van der Waals surface area (Å²) >= 11 is 5.98. The van der Waals surface area contributed by atoms with Crippen molar-refractivity contribution in [3.05, 3.63) is 34.9 Å². The van der Waals surface area contributed by atoms with E-state index >= 15 is 0 Å². The van der Waals surface area contributed by atoms with E-state index in [9.17, 15) is 9.59 Å². The van der Waals surface area contributed by atoms with Crippen LogP contribution in [0.2, 0.25) is 5.02 Å². The van der Waals surface area contributed by atoms with Gasteiger partial charge in [-0.05, 0) is 37.0 Å². The van der Waals surface area contributed by atoms with E-state index < -0.39 is 12.1 Å². The van der Waals surface area contributed by atoms with Crippen LogP contribution in [0.25, 0.3) is 0 Å². The molecule has 0 spiro atoms. The summed E-state index contributed by atoms with van der Waals surface area (Å²) in [7, 11) is 0. The van der Waals surface area contributed by atoms with Gasteiger partial charge in [-0.15, -0.1) is 0 Å². The monoisotopic (exact) mass is 308 g/mol. The zero-order valence-corrected chi connectivity index (χ0v) is 13.4. The fraction of sp³-hybridized carbons (Fsp3) is 0.500. The largest absolute Gasteiger partial charge is 0.343 e. The highest BCUT2D eigenvalue weighted by Crippen LogP contribution is 2.19. The lowest BCUT2D eigenvalue weighted by Gasteiger charge is -2.38. The molecule has 0 radical (unpaired) electrons. The van der Waals surface area contributed by atoms with Crippen LogP contribution in [-0.2, 0) is 16.1 Å². The van der Waals surface area contributed by atoms with E-state index in [1.165, 1.54) is 0 Å². The number of nitrogens with zero attached hydrogens (tertiary/aromatic N) is 1. The maximum atomic E-state index is 12.6. The third kappa shape index (κ3) is 3.76. The molecule has 1 fully saturated rings. The lowest BCUT2D eigenvalue weighted by Crippen LogP contribution is -2.62. The minimum absolute atomic E-state index is 0.0178. The molecule has 0 bridgehead atoms. The summed E-state index contributed by atoms with van der Waals surface area (Å²) in [6, 6.07) is 6.50. The van der Waals surface area contributed by atoms with Gasteiger partial charge >= 0.3 is 0 Å². The Hall–Kier alpha value is -1.55. The molecule has 114 valence electrons. The minimum Gasteiger partial charge on any atom is -0.343 e. The van der Waals surface area contributed by atoms with Crippen LogP contribution in [0.5, 0.6) is 0 Å². The summed E-state index contributed by atoms with van der Waals surface area (Å²) < 4.78 is 0. The van der Waals surface area contributed by atoms with Gasteiger partial charge in [-0.3, -0.25) is 9.59 Å². The molecule has 1 heterocycles. The second kappa shape index (κ2) is 6.48. The molecule has 1 aliphatic heterocycles. The lowest BCUT2D eigenvalue weighted by atomic mass is 9.98. The smallest absolute Gasteiger partial charge is 0.246 e. The van der Waals surface area contributed by atoms with Crippen LogP contribution in [-0.4, -0.2) is 28.8 Å². The number of amides is 2. The number of piperazine rings is 1. The molecule has 0 aliphatic carbocycles. The molecule has 4 nitrogen and oxygen atoms in total. The summed E-state index contributed by atoms with van der Waals surface area (Å²) in [6.07, 6.45) is 0.656. The summed E-state index contributed by atoms with van der Waals surface area (Å²) in [5.41, 5.74) is 0.931. The number of hydrogen-bond donors (Lipinski definition) is 1. The third-order valence-corrected chi connectivity index (χ3v) is 3.93. The van der Waals surface area contributed by atoms with Crippen LogP contribution in [0, 0.1) is 5.92 Å². The van der Waals surface area contributed by atoms with Crippen molar-refractivity contribution in [1.29, 1.82) is 0 Å². The van der Waals surface area contributed by atoms with Crippen LogP contribution in [0.15, 0.2) is 24.3 Å². The highest BCUT2D eigenvalue weighted by atomic mass is 35.5. The van der Waals surface area contributed by atoms with Gasteiger partial charge in [-0.2, -0.15) is 0 Å². The predicted octanol–water partition coefficient (Wildman–Crippen LogP) is 2.60. The van der Waals surface area contributed by atoms with Gasteiger partial charge in [0.15, 0.2) is 0 Å². The molecule has 0 aromatic heterocycles. The van der Waals surface area contributed by atoms with Gasteiger partial charge in [-0.1, -0.05) is 37.6 Å². The Kier molecular flexibility index (Phi) is 4.88. The number of carbonyl (C=O) groups is 2. The SMILES string of the molecule is CC(C)CC1NC(=O)C(C)N(Cc2cccc(Cl)c2)C1=O. The topological polar surface area (TPSA) is 49.4 Å². The fourth-order valence-corrected chi connectivity index (χ4v) is 2.78. The molecule has 5 heteroatoms. The number of halogens is 1. The van der Waals surface area contributed by atoms with Crippen LogP contribution in [0.3, 0.4) is 0 Å². The van der Waals surface area contributed by atoms with E-state index in [1.807, 2.05) is 32.0 Å². The Balaban J connectivity index is 2.18. The van der Waals surface area contributed by atoms with Crippen molar-refractivity contribution in [2.45, 2.75) is 45.8 Å². The molecule has 1 N–H and O–H groups in total. The van der Waals surface area contributed by atoms with Gasteiger partial charge in [-0.25, -0.2) is 0 Å². The first-order chi connectivity index (χ1) is 9.88. The van der Waals surface area contributed by atoms with E-state index in [0.29, 0.717) is 23.9 Å². The molecule has 0 saturated carbocycles. The summed E-state index contributed by atoms with van der Waals surface area (Å²) in [6.45, 7) is 6.24. The Morgan fingerprint density at radius 1 is 1.33 bits per heavy atom. The molecule has 1 aliphatic rings. The lowest BCUT2D eigenvalue weighted by molar-refractivity contribution is -0.149. The van der Waals surface area contributed by atoms with Gasteiger partial charge < -0.3 is 10.2 Å². The Bertz CT molecular complexity index is 545. The normalized spacial score (nSPS) is 22.6. The highest BCUT2D eigenvalue weighted by molar-refractivity contribution is 6.30. The molecule has 21 heavy (non-hydrogen) atoms. The summed E-state index contributed by atoms with van der Waals surface area (Å²) in [5, 5.41) is 3.45. The van der Waals surface area contributed by atoms with Crippen molar-refractivity contribution in [1.82, 2.24) is 10.2 Å². The van der Waals surface area contributed by atoms with Crippen molar-refractivity contribution in [2.75, 3.05) is 0 Å². The quantitative estimate of drug-likeness (QED) is 0.929. The van der Waals surface area contributed by atoms with Crippen molar-refractivity contribution >= 4 is 23.4 Å². The standard InChI is InChI=1S/C16H21ClN2O2/c1-10(2)7-14-16(21)19(11(3)15(20)18-14)9-12-5-4-6-13(17)8-12/h4-6,8,10-11,14H,7,9H2,1-3H3,(H,18,20). The van der Waals surface area contributed by atoms with Crippen molar-refractivity contribution < 1.29 is 9.59 Å². The first kappa shape index (κ1) is 15.8. The van der Waals surface area contributed by atoms with E-state index in [2.05, 4.69) is 5.32 Å². The zero-order valence-electron chi connectivity index (χ0n) is 12.6. The molecule has 1 aromatic carbocycles. The second-order valence-electron chi connectivity index (χ2n) is 5.96. The van der Waals surface area contributed by atoms with Gasteiger partial charge in [0.1, 0.15) is 12.1 Å². The third-order valence-electron chi connectivity index (χ3n) is 3.69. The van der Waals surface area contributed by atoms with Crippen LogP contribution < -0.4 is 5.32 Å². The number of rotatable bonds is 4. The first-order valence-corrected chi connectivity index (χ1v) is 7.61. The van der Waals surface area contributed by atoms with Gasteiger partial charge in [0.05, 0.1) is 0 Å². The van der Waals surface area contributed by atoms with E-state index in [-0.39, 0.29) is 11.8 Å². The van der Waals surface area contributed by atoms with Gasteiger partial charge in [0, 0.05) is 11.6 Å². The number of hydrogen-bond acceptors (Lipinski definition) is 2. The van der Waals surface area contributed by atoms with Crippen molar-refractivity contribution in [3.8, 4) is 0 Å². The fourth-order valence-electron chi connectivity index (χ4n) is 2.56. The van der Waals surface area contributed by atoms with Crippen LogP contribution in [0.4, 0.5) is 0 Å². The van der Waals surface area contributed by atoms with E-state index in [0.717, 1.165) is 5.56 Å². The van der Waals surface area contributed by atoms with E-state index in [1.54, 1.807) is 17.9 Å². The Labute approximate surface area is 130 Å². The highest BCUT2D eigenvalue weighted by Gasteiger charge is 2.37. The second-order valence-corrected chi connectivity index (χ2v) is 6.40. The zero-order chi connectivity index (χ0) is 15.6. The maximum Gasteiger partial charge on any atom is 0.246 e. The number of nitrogens with one attached hydrogen (secondary N) is 1. The number of benzene rings is 1. The average molecular weight is 309 g/mol. The Morgan fingerprint density at radius 2 is 2.05 bits per heavy atom. The van der Waals surface area contributed by atoms with Crippen LogP contribution >= 0.6 is 11.6 Å². The minimum atomic E-state index is -0.458. The molecular weight excluding hydrogens is 288 g/mol. The maximum absolute atomic E-state index is 12.6. The molecule has 2 rings (SSSR count). The van der Waals surface area contributed by atoms with Gasteiger partial charge in [0.2, 0.25) is 11.8 Å². The van der Waals surface area contributed by atoms with Crippen LogP contribution in [0.1, 0.15) is 32.8 Å². The first-order valence-electron chi connectivity index (χ1n) is 7.23. The summed E-state index contributed by atoms with van der Waals surface area (Å²) in [4.78, 5) is 26.3. The predicted molar refractivity (Wildman–Crippen MR) is 82.8 cm³/mol. The molecular formula is C16H21ClN2O2. The molecule has 1 saturated heterocycles. The van der Waals surface area contributed by atoms with E-state index in [4.69, 9.17) is 11.6 Å². The molecule has 2 unspecified atom stereocenters. The van der Waals surface area contributed by atoms with Gasteiger partial charge in [0.25, 0.3) is 0 Å². The molecule has 1 aromatic rings. The Morgan fingerprint density at radius 3 is 2.67 bits per heavy atom. The molecule has 2 atom stereocenters. The molecule has 2 amide bonds. The summed E-state index contributed by atoms with van der Waals surface area (Å²) in [5.74, 6) is 0.235.